The molecule has 0 saturated carbocycles. The van der Waals surface area contributed by atoms with Crippen molar-refractivity contribution in [3.8, 4) is 0 Å². The van der Waals surface area contributed by atoms with Gasteiger partial charge in [0, 0.05) is 0 Å². The summed E-state index contributed by atoms with van der Waals surface area (Å²) in [5, 5.41) is 0. The van der Waals surface area contributed by atoms with Crippen LogP contribution >= 0.6 is 0 Å². The topological polar surface area (TPSA) is 93.2 Å². The van der Waals surface area contributed by atoms with Gasteiger partial charge in [-0.15, -0.1) is 11.4 Å². The van der Waals surface area contributed by atoms with Crippen LogP contribution in [0.1, 0.15) is 0 Å². The molecule has 0 bridgehead atoms. The van der Waals surface area contributed by atoms with Crippen molar-refractivity contribution in [3.63, 3.8) is 0 Å². The summed E-state index contributed by atoms with van der Waals surface area (Å²) in [7, 11) is 0. The van der Waals surface area contributed by atoms with Gasteiger partial charge in [-0.1, -0.05) is 0 Å². The molecule has 1 N–H and O–H groups in total. The van der Waals surface area contributed by atoms with E-state index in [0.29, 0.717) is 0 Å². The number of hydrogen-bond acceptors (Lipinski definition) is 4. The predicted octanol–water partition coefficient (Wildman–Crippen LogP) is -4.18. The molecule has 0 aromatic rings. The second-order valence-electron chi connectivity index (χ2n) is 0.204. The smallest absolute Gasteiger partial charge is 0.870 e. The van der Waals surface area contributed by atoms with Gasteiger partial charge in [0.2, 0.25) is 0 Å². The molecule has 0 aromatic heterocycles. The maximum atomic E-state index is 8.44. The molecule has 0 aliphatic carbocycles. The molecule has 0 fully saturated rings. The first-order valence-electron chi connectivity index (χ1n) is 0.500. The molecular formula is HNaO4S-2. The van der Waals surface area contributed by atoms with Gasteiger partial charge in [0.15, 0.2) is 0 Å². The van der Waals surface area contributed by atoms with Crippen LogP contribution in [0.4, 0.5) is 0 Å². The van der Waals surface area contributed by atoms with E-state index in [0.717, 1.165) is 0 Å². The minimum absolute atomic E-state index is 0. The number of rotatable bonds is 0. The van der Waals surface area contributed by atoms with E-state index in [2.05, 4.69) is 0 Å². The molecular weight excluding hydrogens is 119 g/mol. The van der Waals surface area contributed by atoms with Gasteiger partial charge in [-0.2, -0.15) is 0 Å². The Balaban J connectivity index is -0.0000000450. The van der Waals surface area contributed by atoms with Gasteiger partial charge in [-0.3, -0.25) is 4.21 Å². The molecule has 0 spiro atoms. The Bertz CT molecular complexity index is 30.5. The Hall–Kier alpha value is 1.03. The van der Waals surface area contributed by atoms with E-state index in [1.165, 1.54) is 0 Å². The fourth-order valence-electron chi connectivity index (χ4n) is 0. The summed E-state index contributed by atoms with van der Waals surface area (Å²) >= 11 is -3.11. The molecule has 0 amide bonds. The molecule has 0 unspecified atom stereocenters. The van der Waals surface area contributed by atoms with E-state index in [4.69, 9.17) is 13.3 Å². The van der Waals surface area contributed by atoms with Crippen molar-refractivity contribution in [2.45, 2.75) is 0 Å². The van der Waals surface area contributed by atoms with E-state index < -0.39 is 11.4 Å². The first-order chi connectivity index (χ1) is 1.73. The molecule has 0 radical (unpaired) electrons. The van der Waals surface area contributed by atoms with E-state index in [1.54, 1.807) is 0 Å². The predicted molar refractivity (Wildman–Crippen MR) is 11.6 cm³/mol. The molecule has 34 valence electrons. The van der Waals surface area contributed by atoms with Crippen molar-refractivity contribution in [1.82, 2.24) is 0 Å². The maximum absolute atomic E-state index is 8.44. The van der Waals surface area contributed by atoms with Gasteiger partial charge in [-0.05, 0) is 0 Å². The fraction of sp³-hybridized carbons (Fsp3) is 0. The Kier molecular flexibility index (Phi) is 24.6. The van der Waals surface area contributed by atoms with Crippen LogP contribution in [0.25, 0.3) is 0 Å². The molecule has 0 aliphatic heterocycles. The molecule has 6 heteroatoms. The summed E-state index contributed by atoms with van der Waals surface area (Å²) in [6.45, 7) is 0. The molecule has 0 heterocycles. The average Bonchev–Trinajstić information content (AvgIpc) is 0.811. The molecule has 0 atom stereocenters. The van der Waals surface area contributed by atoms with Crippen LogP contribution in [-0.4, -0.2) is 18.8 Å². The van der Waals surface area contributed by atoms with Crippen LogP contribution < -0.4 is 29.6 Å². The molecule has 0 aromatic carbocycles. The third kappa shape index (κ3) is 77.0. The Labute approximate surface area is 59.6 Å². The van der Waals surface area contributed by atoms with Gasteiger partial charge in [-0.25, -0.2) is 0 Å². The molecule has 0 saturated heterocycles. The minimum atomic E-state index is -3.11. The summed E-state index contributed by atoms with van der Waals surface area (Å²) in [4.78, 5) is 0. The van der Waals surface area contributed by atoms with Crippen molar-refractivity contribution in [2.75, 3.05) is 0 Å². The van der Waals surface area contributed by atoms with E-state index in [-0.39, 0.29) is 35.0 Å². The summed E-state index contributed by atoms with van der Waals surface area (Å²) in [6, 6.07) is 0. The van der Waals surface area contributed by atoms with Crippen molar-refractivity contribution in [1.29, 1.82) is 0 Å². The summed E-state index contributed by atoms with van der Waals surface area (Å²) in [5.74, 6) is 0. The summed E-state index contributed by atoms with van der Waals surface area (Å²) in [5.41, 5.74) is 0. The van der Waals surface area contributed by atoms with Gasteiger partial charge < -0.3 is 14.6 Å². The SMILES string of the molecule is O=S([O-])[O-].[Na+].[OH-]. The molecule has 6 heavy (non-hydrogen) atoms. The summed E-state index contributed by atoms with van der Waals surface area (Å²) in [6.07, 6.45) is 0. The minimum Gasteiger partial charge on any atom is -0.870 e. The normalized spacial score (nSPS) is 5.83. The monoisotopic (exact) mass is 120 g/mol. The van der Waals surface area contributed by atoms with Crippen molar-refractivity contribution in [3.05, 3.63) is 0 Å². The average molecular weight is 120 g/mol. The Morgan fingerprint density at radius 1 is 1.33 bits per heavy atom. The molecule has 4 nitrogen and oxygen atoms in total. The van der Waals surface area contributed by atoms with Crippen LogP contribution in [0.3, 0.4) is 0 Å². The third-order valence-electron chi connectivity index (χ3n) is 0. The van der Waals surface area contributed by atoms with Gasteiger partial charge in [0.1, 0.15) is 0 Å². The van der Waals surface area contributed by atoms with Crippen LogP contribution in [0.5, 0.6) is 0 Å². The van der Waals surface area contributed by atoms with Crippen molar-refractivity contribution >= 4 is 11.4 Å². The van der Waals surface area contributed by atoms with Gasteiger partial charge >= 0.3 is 29.6 Å². The Morgan fingerprint density at radius 2 is 1.33 bits per heavy atom. The van der Waals surface area contributed by atoms with Crippen molar-refractivity contribution < 1.29 is 48.3 Å². The maximum Gasteiger partial charge on any atom is 1.00 e. The summed E-state index contributed by atoms with van der Waals surface area (Å²) < 4.78 is 25.3. The van der Waals surface area contributed by atoms with Crippen LogP contribution in [0.15, 0.2) is 0 Å². The van der Waals surface area contributed by atoms with E-state index in [1.807, 2.05) is 0 Å². The molecule has 0 rings (SSSR count). The first kappa shape index (κ1) is 15.7. The third-order valence-corrected chi connectivity index (χ3v) is 0. The van der Waals surface area contributed by atoms with Crippen LogP contribution in [-0.2, 0) is 11.4 Å². The zero-order valence-electron chi connectivity index (χ0n) is 3.08. The fourth-order valence-corrected chi connectivity index (χ4v) is 0. The second kappa shape index (κ2) is 9.39. The van der Waals surface area contributed by atoms with Gasteiger partial charge in [0.25, 0.3) is 0 Å². The van der Waals surface area contributed by atoms with E-state index >= 15 is 0 Å². The van der Waals surface area contributed by atoms with Crippen molar-refractivity contribution in [2.24, 2.45) is 0 Å². The van der Waals surface area contributed by atoms with Crippen LogP contribution in [0, 0.1) is 0 Å². The Morgan fingerprint density at radius 3 is 1.33 bits per heavy atom. The standard InChI is InChI=1S/Na.H2O3S.H2O/c;1-4(2)3;/h;(H2,1,2,3);1H2/q+1;;/p-3. The second-order valence-corrected chi connectivity index (χ2v) is 0.612. The van der Waals surface area contributed by atoms with Crippen LogP contribution in [0.2, 0.25) is 0 Å². The zero-order chi connectivity index (χ0) is 3.58. The van der Waals surface area contributed by atoms with E-state index in [9.17, 15) is 0 Å². The largest absolute Gasteiger partial charge is 1.00 e. The number of hydrogen-bond donors (Lipinski definition) is 0. The zero-order valence-corrected chi connectivity index (χ0v) is 5.90. The quantitative estimate of drug-likeness (QED) is 0.239. The van der Waals surface area contributed by atoms with Gasteiger partial charge in [0.05, 0.1) is 0 Å². The molecule has 0 aliphatic rings. The first-order valence-corrected chi connectivity index (χ1v) is 1.50.